The minimum Gasteiger partial charge on any atom is -0.497 e. The van der Waals surface area contributed by atoms with Gasteiger partial charge in [0, 0.05) is 18.2 Å². The van der Waals surface area contributed by atoms with Gasteiger partial charge in [-0.05, 0) is 49.4 Å². The van der Waals surface area contributed by atoms with E-state index in [1.165, 1.54) is 24.8 Å². The predicted octanol–water partition coefficient (Wildman–Crippen LogP) is 4.05. The maximum Gasteiger partial charge on any atom is 0.274 e. The molecule has 1 aliphatic carbocycles. The maximum atomic E-state index is 13.1. The van der Waals surface area contributed by atoms with Gasteiger partial charge in [-0.3, -0.25) is 9.89 Å². The number of methoxy groups -OCH3 is 1. The second-order valence-corrected chi connectivity index (χ2v) is 7.12. The Hall–Kier alpha value is -2.30. The SMILES string of the molecule is COc1ccc(C2CCCCCN2C(=O)c2cc(C3CC3)[nH]n2)cc1. The van der Waals surface area contributed by atoms with Crippen molar-refractivity contribution in [1.29, 1.82) is 0 Å². The van der Waals surface area contributed by atoms with Crippen LogP contribution in [0.3, 0.4) is 0 Å². The van der Waals surface area contributed by atoms with Crippen LogP contribution in [-0.4, -0.2) is 34.7 Å². The zero-order chi connectivity index (χ0) is 17.2. The van der Waals surface area contributed by atoms with Gasteiger partial charge in [-0.15, -0.1) is 0 Å². The van der Waals surface area contributed by atoms with Gasteiger partial charge in [0.15, 0.2) is 0 Å². The van der Waals surface area contributed by atoms with Crippen molar-refractivity contribution in [2.45, 2.75) is 50.5 Å². The Morgan fingerprint density at radius 3 is 2.68 bits per heavy atom. The molecule has 1 unspecified atom stereocenters. The summed E-state index contributed by atoms with van der Waals surface area (Å²) < 4.78 is 5.26. The Morgan fingerprint density at radius 2 is 1.96 bits per heavy atom. The third-order valence-electron chi connectivity index (χ3n) is 5.35. The minimum atomic E-state index is 0.0471. The molecule has 1 N–H and O–H groups in total. The molecule has 0 radical (unpaired) electrons. The molecular formula is C20H25N3O2. The van der Waals surface area contributed by atoms with Gasteiger partial charge >= 0.3 is 0 Å². The van der Waals surface area contributed by atoms with Crippen molar-refractivity contribution in [3.8, 4) is 5.75 Å². The van der Waals surface area contributed by atoms with Crippen LogP contribution in [0.2, 0.25) is 0 Å². The zero-order valence-electron chi connectivity index (χ0n) is 14.7. The van der Waals surface area contributed by atoms with E-state index < -0.39 is 0 Å². The first kappa shape index (κ1) is 16.2. The van der Waals surface area contributed by atoms with Gasteiger partial charge in [-0.2, -0.15) is 5.10 Å². The molecule has 1 amide bonds. The number of benzene rings is 1. The Kier molecular flexibility index (Phi) is 4.47. The number of H-pyrrole nitrogens is 1. The largest absolute Gasteiger partial charge is 0.497 e. The van der Waals surface area contributed by atoms with E-state index in [2.05, 4.69) is 22.3 Å². The molecule has 2 heterocycles. The van der Waals surface area contributed by atoms with Crippen LogP contribution in [0, 0.1) is 0 Å². The molecule has 1 aromatic heterocycles. The normalized spacial score (nSPS) is 21.0. The van der Waals surface area contributed by atoms with E-state index in [9.17, 15) is 4.79 Å². The highest BCUT2D eigenvalue weighted by atomic mass is 16.5. The van der Waals surface area contributed by atoms with Gasteiger partial charge < -0.3 is 9.64 Å². The van der Waals surface area contributed by atoms with E-state index in [1.54, 1.807) is 7.11 Å². The number of rotatable bonds is 4. The average Bonchev–Trinajstić information content (AvgIpc) is 3.43. The van der Waals surface area contributed by atoms with Crippen molar-refractivity contribution < 1.29 is 9.53 Å². The smallest absolute Gasteiger partial charge is 0.274 e. The van der Waals surface area contributed by atoms with Crippen molar-refractivity contribution >= 4 is 5.91 Å². The fourth-order valence-corrected chi connectivity index (χ4v) is 3.72. The molecule has 1 aliphatic heterocycles. The van der Waals surface area contributed by atoms with E-state index in [4.69, 9.17) is 4.74 Å². The standard InChI is InChI=1S/C20H25N3O2/c1-25-16-10-8-15(9-11-16)19-5-3-2-4-12-23(19)20(24)18-13-17(21-22-18)14-6-7-14/h8-11,13-14,19H,2-7,12H2,1H3,(H,21,22). The summed E-state index contributed by atoms with van der Waals surface area (Å²) in [5.41, 5.74) is 2.84. The highest BCUT2D eigenvalue weighted by Crippen LogP contribution is 2.39. The number of ether oxygens (including phenoxy) is 1. The molecule has 1 aromatic carbocycles. The molecule has 1 saturated heterocycles. The van der Waals surface area contributed by atoms with E-state index in [1.807, 2.05) is 23.1 Å². The van der Waals surface area contributed by atoms with Crippen LogP contribution in [0.4, 0.5) is 0 Å². The molecule has 2 aromatic rings. The molecule has 0 bridgehead atoms. The summed E-state index contributed by atoms with van der Waals surface area (Å²) in [5.74, 6) is 1.47. The number of carbonyl (C=O) groups is 1. The lowest BCUT2D eigenvalue weighted by molar-refractivity contribution is 0.0674. The summed E-state index contributed by atoms with van der Waals surface area (Å²) in [5, 5.41) is 7.36. The third kappa shape index (κ3) is 3.41. The summed E-state index contributed by atoms with van der Waals surface area (Å²) in [4.78, 5) is 15.1. The number of hydrogen-bond acceptors (Lipinski definition) is 3. The van der Waals surface area contributed by atoms with Crippen LogP contribution in [0.1, 0.15) is 72.2 Å². The van der Waals surface area contributed by atoms with Crippen LogP contribution in [-0.2, 0) is 0 Å². The van der Waals surface area contributed by atoms with E-state index in [-0.39, 0.29) is 11.9 Å². The Balaban J connectivity index is 1.59. The summed E-state index contributed by atoms with van der Waals surface area (Å²) in [6, 6.07) is 10.2. The molecule has 0 spiro atoms. The second kappa shape index (κ2) is 6.90. The van der Waals surface area contributed by atoms with Crippen LogP contribution < -0.4 is 4.74 Å². The first-order valence-corrected chi connectivity index (χ1v) is 9.26. The maximum absolute atomic E-state index is 13.1. The first-order chi connectivity index (χ1) is 12.3. The summed E-state index contributed by atoms with van der Waals surface area (Å²) in [7, 11) is 1.67. The topological polar surface area (TPSA) is 58.2 Å². The van der Waals surface area contributed by atoms with Gasteiger partial charge in [0.2, 0.25) is 0 Å². The van der Waals surface area contributed by atoms with Gasteiger partial charge in [0.05, 0.1) is 13.2 Å². The van der Waals surface area contributed by atoms with Crippen molar-refractivity contribution in [3.63, 3.8) is 0 Å². The van der Waals surface area contributed by atoms with Crippen molar-refractivity contribution in [2.24, 2.45) is 0 Å². The number of carbonyl (C=O) groups excluding carboxylic acids is 1. The number of amides is 1. The average molecular weight is 339 g/mol. The fourth-order valence-electron chi connectivity index (χ4n) is 3.72. The summed E-state index contributed by atoms with van der Waals surface area (Å²) in [6.07, 6.45) is 6.77. The van der Waals surface area contributed by atoms with Gasteiger partial charge in [-0.1, -0.05) is 25.0 Å². The Bertz CT molecular complexity index is 734. The van der Waals surface area contributed by atoms with Gasteiger partial charge in [0.25, 0.3) is 5.91 Å². The first-order valence-electron chi connectivity index (χ1n) is 9.26. The molecule has 1 saturated carbocycles. The van der Waals surface area contributed by atoms with Crippen LogP contribution in [0.25, 0.3) is 0 Å². The highest BCUT2D eigenvalue weighted by molar-refractivity contribution is 5.92. The number of aromatic amines is 1. The van der Waals surface area contributed by atoms with E-state index in [0.29, 0.717) is 11.6 Å². The quantitative estimate of drug-likeness (QED) is 0.914. The van der Waals surface area contributed by atoms with Crippen LogP contribution in [0.15, 0.2) is 30.3 Å². The summed E-state index contributed by atoms with van der Waals surface area (Å²) in [6.45, 7) is 0.793. The Morgan fingerprint density at radius 1 is 1.16 bits per heavy atom. The fraction of sp³-hybridized carbons (Fsp3) is 0.500. The lowest BCUT2D eigenvalue weighted by Crippen LogP contribution is -2.35. The second-order valence-electron chi connectivity index (χ2n) is 7.12. The molecule has 2 aliphatic rings. The molecular weight excluding hydrogens is 314 g/mol. The molecule has 4 rings (SSSR count). The number of hydrogen-bond donors (Lipinski definition) is 1. The van der Waals surface area contributed by atoms with Gasteiger partial charge in [0.1, 0.15) is 11.4 Å². The van der Waals surface area contributed by atoms with Crippen molar-refractivity contribution in [1.82, 2.24) is 15.1 Å². The predicted molar refractivity (Wildman–Crippen MR) is 95.8 cm³/mol. The molecule has 5 heteroatoms. The number of nitrogens with zero attached hydrogens (tertiary/aromatic N) is 2. The van der Waals surface area contributed by atoms with Crippen molar-refractivity contribution in [3.05, 3.63) is 47.3 Å². The molecule has 25 heavy (non-hydrogen) atoms. The lowest BCUT2D eigenvalue weighted by Gasteiger charge is -2.30. The monoisotopic (exact) mass is 339 g/mol. The molecule has 132 valence electrons. The number of likely N-dealkylation sites (tertiary alicyclic amines) is 1. The minimum absolute atomic E-state index is 0.0471. The van der Waals surface area contributed by atoms with E-state index >= 15 is 0 Å². The third-order valence-corrected chi connectivity index (χ3v) is 5.35. The Labute approximate surface area is 148 Å². The highest BCUT2D eigenvalue weighted by Gasteiger charge is 2.31. The molecule has 1 atom stereocenters. The number of nitrogens with one attached hydrogen (secondary N) is 1. The van der Waals surface area contributed by atoms with E-state index in [0.717, 1.165) is 37.3 Å². The summed E-state index contributed by atoms with van der Waals surface area (Å²) >= 11 is 0. The molecule has 2 fully saturated rings. The molecule has 5 nitrogen and oxygen atoms in total. The van der Waals surface area contributed by atoms with Crippen molar-refractivity contribution in [2.75, 3.05) is 13.7 Å². The zero-order valence-corrected chi connectivity index (χ0v) is 14.7. The van der Waals surface area contributed by atoms with Gasteiger partial charge in [-0.25, -0.2) is 0 Å². The number of aromatic nitrogens is 2. The van der Waals surface area contributed by atoms with Crippen LogP contribution >= 0.6 is 0 Å². The lowest BCUT2D eigenvalue weighted by atomic mass is 10.0. The van der Waals surface area contributed by atoms with Crippen LogP contribution in [0.5, 0.6) is 5.75 Å².